The SMILES string of the molecule is C[C@]1(c2ccc3c(c2)OCO3)NC(=O)N(CC(=O)c2cccs2)C1=O. The first-order chi connectivity index (χ1) is 12.0. The van der Waals surface area contributed by atoms with Crippen molar-refractivity contribution in [3.8, 4) is 11.5 Å². The highest BCUT2D eigenvalue weighted by Crippen LogP contribution is 2.37. The zero-order chi connectivity index (χ0) is 17.6. The number of urea groups is 1. The number of ketones is 1. The number of rotatable bonds is 4. The lowest BCUT2D eigenvalue weighted by atomic mass is 9.91. The summed E-state index contributed by atoms with van der Waals surface area (Å²) in [6.07, 6.45) is 0. The number of ether oxygens (including phenoxy) is 2. The maximum Gasteiger partial charge on any atom is 0.325 e. The van der Waals surface area contributed by atoms with Crippen molar-refractivity contribution in [2.75, 3.05) is 13.3 Å². The van der Waals surface area contributed by atoms with Crippen LogP contribution in [0.4, 0.5) is 4.79 Å². The first kappa shape index (κ1) is 15.6. The Morgan fingerprint density at radius 1 is 1.28 bits per heavy atom. The highest BCUT2D eigenvalue weighted by atomic mass is 32.1. The van der Waals surface area contributed by atoms with Crippen LogP contribution in [0.1, 0.15) is 22.2 Å². The topological polar surface area (TPSA) is 84.9 Å². The van der Waals surface area contributed by atoms with E-state index in [9.17, 15) is 14.4 Å². The molecule has 0 aliphatic carbocycles. The summed E-state index contributed by atoms with van der Waals surface area (Å²) in [7, 11) is 0. The molecule has 3 amide bonds. The summed E-state index contributed by atoms with van der Waals surface area (Å²) in [5.74, 6) is 0.373. The van der Waals surface area contributed by atoms with E-state index in [4.69, 9.17) is 9.47 Å². The van der Waals surface area contributed by atoms with Crippen molar-refractivity contribution in [3.63, 3.8) is 0 Å². The van der Waals surface area contributed by atoms with Crippen LogP contribution in [0.25, 0.3) is 0 Å². The third-order valence-corrected chi connectivity index (χ3v) is 5.23. The fourth-order valence-corrected chi connectivity index (χ4v) is 3.56. The molecule has 1 aromatic heterocycles. The third-order valence-electron chi connectivity index (χ3n) is 4.32. The van der Waals surface area contributed by atoms with E-state index in [1.54, 1.807) is 42.6 Å². The second-order valence-electron chi connectivity index (χ2n) is 5.91. The number of Topliss-reactive ketones (excluding diaryl/α,β-unsaturated/α-hetero) is 1. The summed E-state index contributed by atoms with van der Waals surface area (Å²) in [5, 5.41) is 4.45. The van der Waals surface area contributed by atoms with E-state index in [0.717, 1.165) is 4.90 Å². The van der Waals surface area contributed by atoms with Crippen molar-refractivity contribution in [1.29, 1.82) is 0 Å². The molecule has 128 valence electrons. The van der Waals surface area contributed by atoms with Gasteiger partial charge in [0.05, 0.1) is 11.4 Å². The second-order valence-corrected chi connectivity index (χ2v) is 6.86. The predicted octanol–water partition coefficient (Wildman–Crippen LogP) is 2.13. The molecule has 0 spiro atoms. The van der Waals surface area contributed by atoms with Gasteiger partial charge in [-0.2, -0.15) is 0 Å². The van der Waals surface area contributed by atoms with Crippen LogP contribution in [0.5, 0.6) is 11.5 Å². The Labute approximate surface area is 147 Å². The monoisotopic (exact) mass is 358 g/mol. The number of fused-ring (bicyclic) bond motifs is 1. The number of carbonyl (C=O) groups excluding carboxylic acids is 3. The Morgan fingerprint density at radius 3 is 2.84 bits per heavy atom. The number of imide groups is 1. The zero-order valence-corrected chi connectivity index (χ0v) is 14.1. The quantitative estimate of drug-likeness (QED) is 0.668. The van der Waals surface area contributed by atoms with E-state index in [0.29, 0.717) is 21.9 Å². The second kappa shape index (κ2) is 5.59. The molecule has 3 heterocycles. The van der Waals surface area contributed by atoms with Gasteiger partial charge in [0.25, 0.3) is 5.91 Å². The van der Waals surface area contributed by atoms with Crippen LogP contribution in [0.2, 0.25) is 0 Å². The molecular weight excluding hydrogens is 344 g/mol. The van der Waals surface area contributed by atoms with Gasteiger partial charge in [0.2, 0.25) is 6.79 Å². The summed E-state index contributed by atoms with van der Waals surface area (Å²) in [6.45, 7) is 1.45. The van der Waals surface area contributed by atoms with Crippen LogP contribution in [0.15, 0.2) is 35.7 Å². The predicted molar refractivity (Wildman–Crippen MR) is 88.8 cm³/mol. The number of hydrogen-bond donors (Lipinski definition) is 1. The first-order valence-corrected chi connectivity index (χ1v) is 8.48. The molecule has 1 aromatic carbocycles. The van der Waals surface area contributed by atoms with Crippen molar-refractivity contribution in [1.82, 2.24) is 10.2 Å². The summed E-state index contributed by atoms with van der Waals surface area (Å²) in [6, 6.07) is 7.90. The van der Waals surface area contributed by atoms with Gasteiger partial charge in [0.15, 0.2) is 17.3 Å². The van der Waals surface area contributed by atoms with Crippen molar-refractivity contribution in [2.24, 2.45) is 0 Å². The Kier molecular flexibility index (Phi) is 3.50. The molecule has 2 aliphatic heterocycles. The average Bonchev–Trinajstić information content (AvgIpc) is 3.31. The van der Waals surface area contributed by atoms with E-state index >= 15 is 0 Å². The lowest BCUT2D eigenvalue weighted by Gasteiger charge is -2.22. The number of thiophene rings is 1. The van der Waals surface area contributed by atoms with Crippen LogP contribution in [0.3, 0.4) is 0 Å². The summed E-state index contributed by atoms with van der Waals surface area (Å²) in [5.41, 5.74) is -0.686. The summed E-state index contributed by atoms with van der Waals surface area (Å²) < 4.78 is 10.6. The molecule has 0 radical (unpaired) electrons. The van der Waals surface area contributed by atoms with Crippen LogP contribution in [-0.2, 0) is 10.3 Å². The van der Waals surface area contributed by atoms with Gasteiger partial charge in [0.1, 0.15) is 5.54 Å². The molecule has 7 nitrogen and oxygen atoms in total. The Bertz CT molecular complexity index is 879. The molecule has 25 heavy (non-hydrogen) atoms. The highest BCUT2D eigenvalue weighted by Gasteiger charge is 2.49. The summed E-state index contributed by atoms with van der Waals surface area (Å²) >= 11 is 1.28. The van der Waals surface area contributed by atoms with Gasteiger partial charge in [0, 0.05) is 0 Å². The molecule has 1 fully saturated rings. The molecule has 0 bridgehead atoms. The number of amides is 3. The van der Waals surface area contributed by atoms with E-state index in [1.165, 1.54) is 11.3 Å². The van der Waals surface area contributed by atoms with Gasteiger partial charge in [-0.05, 0) is 36.1 Å². The van der Waals surface area contributed by atoms with Gasteiger partial charge in [-0.25, -0.2) is 4.79 Å². The minimum Gasteiger partial charge on any atom is -0.454 e. The fourth-order valence-electron chi connectivity index (χ4n) is 2.90. The largest absolute Gasteiger partial charge is 0.454 e. The molecule has 2 aliphatic rings. The lowest BCUT2D eigenvalue weighted by molar-refractivity contribution is -0.130. The Balaban J connectivity index is 1.60. The molecule has 1 atom stereocenters. The van der Waals surface area contributed by atoms with Crippen LogP contribution >= 0.6 is 11.3 Å². The van der Waals surface area contributed by atoms with Gasteiger partial charge in [-0.15, -0.1) is 11.3 Å². The number of nitrogens with zero attached hydrogens (tertiary/aromatic N) is 1. The van der Waals surface area contributed by atoms with E-state index < -0.39 is 17.5 Å². The Morgan fingerprint density at radius 2 is 2.08 bits per heavy atom. The maximum absolute atomic E-state index is 12.9. The number of hydrogen-bond acceptors (Lipinski definition) is 6. The number of nitrogens with one attached hydrogen (secondary N) is 1. The number of benzene rings is 1. The minimum atomic E-state index is -1.26. The van der Waals surface area contributed by atoms with E-state index in [-0.39, 0.29) is 19.1 Å². The van der Waals surface area contributed by atoms with E-state index in [1.807, 2.05) is 0 Å². The average molecular weight is 358 g/mol. The lowest BCUT2D eigenvalue weighted by Crippen LogP contribution is -2.41. The normalized spacial score (nSPS) is 21.6. The van der Waals surface area contributed by atoms with Gasteiger partial charge in [-0.1, -0.05) is 12.1 Å². The maximum atomic E-state index is 12.9. The van der Waals surface area contributed by atoms with Crippen LogP contribution in [0, 0.1) is 0 Å². The minimum absolute atomic E-state index is 0.122. The molecule has 0 saturated carbocycles. The van der Waals surface area contributed by atoms with Gasteiger partial charge < -0.3 is 14.8 Å². The molecule has 1 N–H and O–H groups in total. The molecular formula is C17H14N2O5S. The third kappa shape index (κ3) is 2.45. The van der Waals surface area contributed by atoms with Crippen LogP contribution < -0.4 is 14.8 Å². The van der Waals surface area contributed by atoms with Crippen molar-refractivity contribution >= 4 is 29.1 Å². The Hall–Kier alpha value is -2.87. The first-order valence-electron chi connectivity index (χ1n) is 7.60. The van der Waals surface area contributed by atoms with Crippen molar-refractivity contribution in [2.45, 2.75) is 12.5 Å². The molecule has 1 saturated heterocycles. The van der Waals surface area contributed by atoms with Crippen LogP contribution in [-0.4, -0.2) is 36.0 Å². The van der Waals surface area contributed by atoms with E-state index in [2.05, 4.69) is 5.32 Å². The smallest absolute Gasteiger partial charge is 0.325 e. The molecule has 8 heteroatoms. The number of carbonyl (C=O) groups is 3. The van der Waals surface area contributed by atoms with Gasteiger partial charge >= 0.3 is 6.03 Å². The summed E-state index contributed by atoms with van der Waals surface area (Å²) in [4.78, 5) is 38.9. The highest BCUT2D eigenvalue weighted by molar-refractivity contribution is 7.12. The molecule has 0 unspecified atom stereocenters. The molecule has 4 rings (SSSR count). The standard InChI is InChI=1S/C17H14N2O5S/c1-17(10-4-5-12-13(7-10)24-9-23-12)15(21)19(16(22)18-17)8-11(20)14-3-2-6-25-14/h2-7H,8-9H2,1H3,(H,18,22)/t17-/m1/s1. The van der Waals surface area contributed by atoms with Crippen molar-refractivity contribution < 1.29 is 23.9 Å². The zero-order valence-electron chi connectivity index (χ0n) is 13.3. The van der Waals surface area contributed by atoms with Gasteiger partial charge in [-0.3, -0.25) is 14.5 Å². The fraction of sp³-hybridized carbons (Fsp3) is 0.235. The molecule has 2 aromatic rings. The van der Waals surface area contributed by atoms with Crippen molar-refractivity contribution in [3.05, 3.63) is 46.2 Å².